The summed E-state index contributed by atoms with van der Waals surface area (Å²) in [4.78, 5) is 0.145. The molecule has 6 nitrogen and oxygen atoms in total. The number of hydrogen-bond donors (Lipinski definition) is 0. The molecule has 0 bridgehead atoms. The molecule has 130 valence electrons. The number of methoxy groups -OCH3 is 2. The second-order valence-corrected chi connectivity index (χ2v) is 7.52. The van der Waals surface area contributed by atoms with Crippen molar-refractivity contribution in [3.8, 4) is 11.5 Å². The largest absolute Gasteiger partial charge is 0.497 e. The molecule has 2 rings (SSSR count). The first-order valence-electron chi connectivity index (χ1n) is 7.82. The smallest absolute Gasteiger partial charge is 0.246 e. The third kappa shape index (κ3) is 4.16. The molecule has 0 spiro atoms. The summed E-state index contributed by atoms with van der Waals surface area (Å²) in [6.07, 6.45) is 1.64. The zero-order valence-electron chi connectivity index (χ0n) is 13.9. The van der Waals surface area contributed by atoms with Crippen molar-refractivity contribution < 1.29 is 22.6 Å². The van der Waals surface area contributed by atoms with Crippen molar-refractivity contribution in [3.05, 3.63) is 18.2 Å². The van der Waals surface area contributed by atoms with Crippen molar-refractivity contribution in [2.45, 2.75) is 24.7 Å². The van der Waals surface area contributed by atoms with E-state index in [1.165, 1.54) is 24.6 Å². The normalized spacial score (nSPS) is 18.3. The Morgan fingerprint density at radius 1 is 1.30 bits per heavy atom. The number of nitrogens with zero attached hydrogens (tertiary/aromatic N) is 1. The van der Waals surface area contributed by atoms with Gasteiger partial charge < -0.3 is 14.2 Å². The molecule has 0 saturated carbocycles. The fourth-order valence-electron chi connectivity index (χ4n) is 2.70. The van der Waals surface area contributed by atoms with E-state index in [1.54, 1.807) is 12.1 Å². The number of sulfonamides is 1. The van der Waals surface area contributed by atoms with Gasteiger partial charge in [-0.05, 0) is 30.9 Å². The lowest BCUT2D eigenvalue weighted by Gasteiger charge is -2.25. The van der Waals surface area contributed by atoms with Crippen LogP contribution >= 0.6 is 0 Å². The van der Waals surface area contributed by atoms with Gasteiger partial charge in [-0.15, -0.1) is 0 Å². The summed E-state index contributed by atoms with van der Waals surface area (Å²) in [5, 5.41) is 0. The van der Waals surface area contributed by atoms with Gasteiger partial charge in [0.25, 0.3) is 0 Å². The van der Waals surface area contributed by atoms with Crippen molar-refractivity contribution in [1.82, 2.24) is 4.31 Å². The van der Waals surface area contributed by atoms with Gasteiger partial charge in [-0.1, -0.05) is 6.92 Å². The van der Waals surface area contributed by atoms with E-state index >= 15 is 0 Å². The second kappa shape index (κ2) is 7.99. The van der Waals surface area contributed by atoms with Crippen molar-refractivity contribution in [1.29, 1.82) is 0 Å². The second-order valence-electron chi connectivity index (χ2n) is 5.61. The van der Waals surface area contributed by atoms with Crippen LogP contribution in [-0.2, 0) is 14.8 Å². The van der Waals surface area contributed by atoms with Gasteiger partial charge in [-0.2, -0.15) is 4.31 Å². The topological polar surface area (TPSA) is 65.1 Å². The molecule has 23 heavy (non-hydrogen) atoms. The lowest BCUT2D eigenvalue weighted by atomic mass is 10.1. The first kappa shape index (κ1) is 18.0. The van der Waals surface area contributed by atoms with E-state index in [-0.39, 0.29) is 10.8 Å². The van der Waals surface area contributed by atoms with Crippen LogP contribution in [0.5, 0.6) is 11.5 Å². The first-order chi connectivity index (χ1) is 11.0. The van der Waals surface area contributed by atoms with Crippen molar-refractivity contribution in [3.63, 3.8) is 0 Å². The Morgan fingerprint density at radius 2 is 2.09 bits per heavy atom. The van der Waals surface area contributed by atoms with Gasteiger partial charge >= 0.3 is 0 Å². The molecule has 1 aliphatic rings. The highest BCUT2D eigenvalue weighted by atomic mass is 32.2. The lowest BCUT2D eigenvalue weighted by molar-refractivity contribution is 0.180. The monoisotopic (exact) mass is 343 g/mol. The Balaban J connectivity index is 2.35. The van der Waals surface area contributed by atoms with Gasteiger partial charge in [0, 0.05) is 25.8 Å². The number of benzene rings is 1. The maximum absolute atomic E-state index is 13.1. The Hall–Kier alpha value is -1.31. The molecule has 0 N–H and O–H groups in total. The van der Waals surface area contributed by atoms with Crippen LogP contribution in [0.15, 0.2) is 23.1 Å². The summed E-state index contributed by atoms with van der Waals surface area (Å²) >= 11 is 0. The molecular weight excluding hydrogens is 318 g/mol. The molecule has 0 radical (unpaired) electrons. The third-order valence-corrected chi connectivity index (χ3v) is 5.83. The van der Waals surface area contributed by atoms with E-state index in [0.717, 1.165) is 12.8 Å². The Bertz CT molecular complexity index is 611. The van der Waals surface area contributed by atoms with Crippen LogP contribution in [-0.4, -0.2) is 53.2 Å². The Kier molecular flexibility index (Phi) is 6.26. The van der Waals surface area contributed by atoms with Crippen LogP contribution in [0.1, 0.15) is 19.8 Å². The fraction of sp³-hybridized carbons (Fsp3) is 0.625. The predicted molar refractivity (Wildman–Crippen MR) is 87.5 cm³/mol. The molecular formula is C16H25NO5S. The predicted octanol–water partition coefficient (Wildman–Crippen LogP) is 2.14. The molecule has 1 atom stereocenters. The quantitative estimate of drug-likeness (QED) is 0.723. The van der Waals surface area contributed by atoms with Gasteiger partial charge in [-0.25, -0.2) is 8.42 Å². The molecule has 1 heterocycles. The SMILES string of the molecule is CCCN(CC1CCOC1)S(=O)(=O)c1cc(OC)ccc1OC. The highest BCUT2D eigenvalue weighted by molar-refractivity contribution is 7.89. The Morgan fingerprint density at radius 3 is 2.65 bits per heavy atom. The van der Waals surface area contributed by atoms with Gasteiger partial charge in [0.15, 0.2) is 0 Å². The van der Waals surface area contributed by atoms with Crippen LogP contribution < -0.4 is 9.47 Å². The minimum Gasteiger partial charge on any atom is -0.497 e. The molecule has 0 aromatic heterocycles. The minimum absolute atomic E-state index is 0.145. The lowest BCUT2D eigenvalue weighted by Crippen LogP contribution is -2.36. The molecule has 1 fully saturated rings. The average Bonchev–Trinajstić information content (AvgIpc) is 3.07. The number of rotatable bonds is 8. The zero-order chi connectivity index (χ0) is 16.9. The molecule has 1 aromatic carbocycles. The van der Waals surface area contributed by atoms with Crippen molar-refractivity contribution in [2.75, 3.05) is 40.5 Å². The van der Waals surface area contributed by atoms with Gasteiger partial charge in [-0.3, -0.25) is 0 Å². The molecule has 1 aromatic rings. The third-order valence-electron chi connectivity index (χ3n) is 3.95. The minimum atomic E-state index is -3.65. The average molecular weight is 343 g/mol. The molecule has 0 amide bonds. The maximum atomic E-state index is 13.1. The van der Waals surface area contributed by atoms with E-state index in [0.29, 0.717) is 37.8 Å². The summed E-state index contributed by atoms with van der Waals surface area (Å²) in [7, 11) is -0.673. The van der Waals surface area contributed by atoms with E-state index in [9.17, 15) is 8.42 Å². The van der Waals surface area contributed by atoms with E-state index < -0.39 is 10.0 Å². The highest BCUT2D eigenvalue weighted by Crippen LogP contribution is 2.31. The molecule has 7 heteroatoms. The number of ether oxygens (including phenoxy) is 3. The van der Waals surface area contributed by atoms with E-state index in [1.807, 2.05) is 6.92 Å². The fourth-order valence-corrected chi connectivity index (χ4v) is 4.48. The van der Waals surface area contributed by atoms with Gasteiger partial charge in [0.1, 0.15) is 16.4 Å². The van der Waals surface area contributed by atoms with Gasteiger partial charge in [0.2, 0.25) is 10.0 Å². The van der Waals surface area contributed by atoms with Crippen LogP contribution in [0, 0.1) is 5.92 Å². The molecule has 1 aliphatic heterocycles. The van der Waals surface area contributed by atoms with Gasteiger partial charge in [0.05, 0.1) is 20.8 Å². The van der Waals surface area contributed by atoms with Crippen molar-refractivity contribution in [2.24, 2.45) is 5.92 Å². The summed E-state index contributed by atoms with van der Waals surface area (Å²) in [5.74, 6) is 1.06. The van der Waals surface area contributed by atoms with Crippen molar-refractivity contribution >= 4 is 10.0 Å². The van der Waals surface area contributed by atoms with E-state index in [2.05, 4.69) is 0 Å². The number of hydrogen-bond acceptors (Lipinski definition) is 5. The molecule has 1 unspecified atom stereocenters. The van der Waals surface area contributed by atoms with Crippen LogP contribution in [0.4, 0.5) is 0 Å². The summed E-state index contributed by atoms with van der Waals surface area (Å²) < 4.78 is 43.5. The van der Waals surface area contributed by atoms with Crippen LogP contribution in [0.2, 0.25) is 0 Å². The van der Waals surface area contributed by atoms with Crippen LogP contribution in [0.25, 0.3) is 0 Å². The Labute approximate surface area is 138 Å². The summed E-state index contributed by atoms with van der Waals surface area (Å²) in [6.45, 7) is 4.23. The molecule has 1 saturated heterocycles. The summed E-state index contributed by atoms with van der Waals surface area (Å²) in [6, 6.07) is 4.82. The zero-order valence-corrected chi connectivity index (χ0v) is 14.8. The summed E-state index contributed by atoms with van der Waals surface area (Å²) in [5.41, 5.74) is 0. The molecule has 0 aliphatic carbocycles. The standard InChI is InChI=1S/C16H25NO5S/c1-4-8-17(11-13-7-9-22-12-13)23(18,19)16-10-14(20-2)5-6-15(16)21-3/h5-6,10,13H,4,7-9,11-12H2,1-3H3. The van der Waals surface area contributed by atoms with Crippen LogP contribution in [0.3, 0.4) is 0 Å². The highest BCUT2D eigenvalue weighted by Gasteiger charge is 2.31. The first-order valence-corrected chi connectivity index (χ1v) is 9.26. The van der Waals surface area contributed by atoms with E-state index in [4.69, 9.17) is 14.2 Å². The maximum Gasteiger partial charge on any atom is 0.246 e.